The summed E-state index contributed by atoms with van der Waals surface area (Å²) in [5, 5.41) is 0.421. The van der Waals surface area contributed by atoms with Gasteiger partial charge in [-0.3, -0.25) is 0 Å². The van der Waals surface area contributed by atoms with Crippen molar-refractivity contribution in [3.8, 4) is 0 Å². The molecule has 0 saturated heterocycles. The van der Waals surface area contributed by atoms with Crippen molar-refractivity contribution in [3.05, 3.63) is 17.5 Å². The molecule has 0 spiro atoms. The first kappa shape index (κ1) is 12.2. The molecule has 0 bridgehead atoms. The highest BCUT2D eigenvalue weighted by atomic mass is 35.5. The highest BCUT2D eigenvalue weighted by Gasteiger charge is 2.07. The van der Waals surface area contributed by atoms with Crippen LogP contribution in [-0.4, -0.2) is 36.3 Å². The van der Waals surface area contributed by atoms with E-state index in [0.717, 1.165) is 6.54 Å². The number of likely N-dealkylation sites (N-methyl/N-ethyl adjacent to an activating group) is 1. The summed E-state index contributed by atoms with van der Waals surface area (Å²) in [7, 11) is 1.92. The lowest BCUT2D eigenvalue weighted by Gasteiger charge is -2.19. The van der Waals surface area contributed by atoms with Crippen molar-refractivity contribution < 1.29 is 4.74 Å². The summed E-state index contributed by atoms with van der Waals surface area (Å²) < 4.78 is 5.44. The topological polar surface area (TPSA) is 38.2 Å². The Hall–Kier alpha value is -0.870. The van der Waals surface area contributed by atoms with Crippen LogP contribution in [-0.2, 0) is 4.74 Å². The Morgan fingerprint density at radius 2 is 2.07 bits per heavy atom. The van der Waals surface area contributed by atoms with Gasteiger partial charge in [-0.2, -0.15) is 0 Å². The predicted molar refractivity (Wildman–Crippen MR) is 61.4 cm³/mol. The van der Waals surface area contributed by atoms with E-state index in [4.69, 9.17) is 16.3 Å². The fraction of sp³-hybridized carbons (Fsp3) is 0.600. The SMILES string of the molecule is CC(C)OCCN(C)c1nccnc1Cl. The molecule has 15 heavy (non-hydrogen) atoms. The number of nitrogens with zero attached hydrogens (tertiary/aromatic N) is 3. The van der Waals surface area contributed by atoms with Crippen LogP contribution in [0, 0.1) is 0 Å². The van der Waals surface area contributed by atoms with Crippen molar-refractivity contribution >= 4 is 17.4 Å². The summed E-state index contributed by atoms with van der Waals surface area (Å²) in [4.78, 5) is 10.0. The minimum Gasteiger partial charge on any atom is -0.377 e. The van der Waals surface area contributed by atoms with Crippen LogP contribution < -0.4 is 4.90 Å². The van der Waals surface area contributed by atoms with E-state index in [9.17, 15) is 0 Å². The maximum Gasteiger partial charge on any atom is 0.171 e. The van der Waals surface area contributed by atoms with Gasteiger partial charge in [0, 0.05) is 26.0 Å². The maximum absolute atomic E-state index is 5.90. The summed E-state index contributed by atoms with van der Waals surface area (Å²) in [5.74, 6) is 0.687. The second-order valence-corrected chi connectivity index (χ2v) is 3.87. The van der Waals surface area contributed by atoms with Crippen molar-refractivity contribution in [2.45, 2.75) is 20.0 Å². The molecule has 1 aromatic rings. The zero-order chi connectivity index (χ0) is 11.3. The Kier molecular flexibility index (Phi) is 4.78. The Bertz CT molecular complexity index is 306. The highest BCUT2D eigenvalue weighted by Crippen LogP contribution is 2.17. The van der Waals surface area contributed by atoms with E-state index in [2.05, 4.69) is 9.97 Å². The first-order chi connectivity index (χ1) is 7.11. The molecule has 0 fully saturated rings. The van der Waals surface area contributed by atoms with Gasteiger partial charge in [-0.25, -0.2) is 9.97 Å². The van der Waals surface area contributed by atoms with Crippen molar-refractivity contribution in [2.75, 3.05) is 25.1 Å². The summed E-state index contributed by atoms with van der Waals surface area (Å²) in [6.07, 6.45) is 3.45. The van der Waals surface area contributed by atoms with E-state index >= 15 is 0 Å². The smallest absolute Gasteiger partial charge is 0.171 e. The van der Waals surface area contributed by atoms with Crippen LogP contribution in [0.15, 0.2) is 12.4 Å². The van der Waals surface area contributed by atoms with Gasteiger partial charge >= 0.3 is 0 Å². The standard InChI is InChI=1S/C10H16ClN3O/c1-8(2)15-7-6-14(3)10-9(11)12-4-5-13-10/h4-5,8H,6-7H2,1-3H3. The number of anilines is 1. The van der Waals surface area contributed by atoms with E-state index in [1.807, 2.05) is 25.8 Å². The van der Waals surface area contributed by atoms with Gasteiger partial charge in [-0.05, 0) is 13.8 Å². The lowest BCUT2D eigenvalue weighted by atomic mass is 10.5. The van der Waals surface area contributed by atoms with Gasteiger partial charge in [0.2, 0.25) is 0 Å². The molecule has 5 heteroatoms. The molecule has 0 aliphatic carbocycles. The van der Waals surface area contributed by atoms with Crippen molar-refractivity contribution in [2.24, 2.45) is 0 Å². The summed E-state index contributed by atoms with van der Waals surface area (Å²) in [6, 6.07) is 0. The molecule has 0 aliphatic heterocycles. The van der Waals surface area contributed by atoms with E-state index < -0.39 is 0 Å². The minimum atomic E-state index is 0.246. The fourth-order valence-electron chi connectivity index (χ4n) is 1.10. The highest BCUT2D eigenvalue weighted by molar-refractivity contribution is 6.31. The van der Waals surface area contributed by atoms with Gasteiger partial charge in [-0.15, -0.1) is 0 Å². The Morgan fingerprint density at radius 1 is 1.40 bits per heavy atom. The van der Waals surface area contributed by atoms with Crippen LogP contribution in [0.2, 0.25) is 5.15 Å². The third kappa shape index (κ3) is 4.01. The molecule has 1 heterocycles. The third-order valence-electron chi connectivity index (χ3n) is 1.88. The van der Waals surface area contributed by atoms with E-state index in [0.29, 0.717) is 17.6 Å². The van der Waals surface area contributed by atoms with E-state index in [-0.39, 0.29) is 6.10 Å². The molecular formula is C10H16ClN3O. The van der Waals surface area contributed by atoms with E-state index in [1.165, 1.54) is 0 Å². The van der Waals surface area contributed by atoms with E-state index in [1.54, 1.807) is 12.4 Å². The van der Waals surface area contributed by atoms with Gasteiger partial charge < -0.3 is 9.64 Å². The average Bonchev–Trinajstić information content (AvgIpc) is 2.17. The van der Waals surface area contributed by atoms with Gasteiger partial charge in [0.25, 0.3) is 0 Å². The molecule has 0 amide bonds. The number of hydrogen-bond acceptors (Lipinski definition) is 4. The molecule has 1 rings (SSSR count). The molecule has 0 saturated carbocycles. The molecule has 4 nitrogen and oxygen atoms in total. The van der Waals surface area contributed by atoms with Crippen LogP contribution in [0.5, 0.6) is 0 Å². The zero-order valence-corrected chi connectivity index (χ0v) is 10.0. The molecule has 0 radical (unpaired) electrons. The number of hydrogen-bond donors (Lipinski definition) is 0. The van der Waals surface area contributed by atoms with Crippen LogP contribution in [0.4, 0.5) is 5.82 Å². The summed E-state index contributed by atoms with van der Waals surface area (Å²) >= 11 is 5.90. The van der Waals surface area contributed by atoms with Crippen LogP contribution >= 0.6 is 11.6 Å². The first-order valence-electron chi connectivity index (χ1n) is 4.90. The molecule has 84 valence electrons. The summed E-state index contributed by atoms with van der Waals surface area (Å²) in [6.45, 7) is 5.42. The second kappa shape index (κ2) is 5.88. The van der Waals surface area contributed by atoms with Crippen molar-refractivity contribution in [1.82, 2.24) is 9.97 Å². The van der Waals surface area contributed by atoms with Gasteiger partial charge in [0.05, 0.1) is 12.7 Å². The quantitative estimate of drug-likeness (QED) is 0.774. The average molecular weight is 230 g/mol. The predicted octanol–water partition coefficient (Wildman–Crippen LogP) is 1.99. The zero-order valence-electron chi connectivity index (χ0n) is 9.27. The molecule has 0 atom stereocenters. The Morgan fingerprint density at radius 3 is 2.67 bits per heavy atom. The van der Waals surface area contributed by atoms with Gasteiger partial charge in [-0.1, -0.05) is 11.6 Å². The van der Waals surface area contributed by atoms with Crippen LogP contribution in [0.25, 0.3) is 0 Å². The fourth-order valence-corrected chi connectivity index (χ4v) is 1.35. The lowest BCUT2D eigenvalue weighted by Crippen LogP contribution is -2.25. The molecule has 0 aliphatic rings. The third-order valence-corrected chi connectivity index (χ3v) is 2.14. The van der Waals surface area contributed by atoms with Crippen molar-refractivity contribution in [3.63, 3.8) is 0 Å². The molecule has 0 aromatic carbocycles. The largest absolute Gasteiger partial charge is 0.377 e. The first-order valence-corrected chi connectivity index (χ1v) is 5.28. The normalized spacial score (nSPS) is 10.7. The minimum absolute atomic E-state index is 0.246. The van der Waals surface area contributed by atoms with Gasteiger partial charge in [0.15, 0.2) is 11.0 Å². The molecule has 1 aromatic heterocycles. The maximum atomic E-state index is 5.90. The monoisotopic (exact) mass is 229 g/mol. The number of aromatic nitrogens is 2. The van der Waals surface area contributed by atoms with Crippen molar-refractivity contribution in [1.29, 1.82) is 0 Å². The van der Waals surface area contributed by atoms with Crippen LogP contribution in [0.1, 0.15) is 13.8 Å². The molecule has 0 unspecified atom stereocenters. The number of rotatable bonds is 5. The van der Waals surface area contributed by atoms with Gasteiger partial charge in [0.1, 0.15) is 0 Å². The summed E-state index contributed by atoms with van der Waals surface area (Å²) in [5.41, 5.74) is 0. The Balaban J connectivity index is 2.47. The van der Waals surface area contributed by atoms with Crippen LogP contribution in [0.3, 0.4) is 0 Å². The number of halogens is 1. The molecular weight excluding hydrogens is 214 g/mol. The number of ether oxygens (including phenoxy) is 1. The lowest BCUT2D eigenvalue weighted by molar-refractivity contribution is 0.0845. The molecule has 0 N–H and O–H groups in total. The second-order valence-electron chi connectivity index (χ2n) is 3.51. The Labute approximate surface area is 95.2 Å².